The van der Waals surface area contributed by atoms with Gasteiger partial charge in [0.1, 0.15) is 0 Å². The Morgan fingerprint density at radius 2 is 1.96 bits per heavy atom. The monoisotopic (exact) mass is 393 g/mol. The summed E-state index contributed by atoms with van der Waals surface area (Å²) < 4.78 is 40.5. The second kappa shape index (κ2) is 7.78. The Morgan fingerprint density at radius 1 is 1.19 bits per heavy atom. The van der Waals surface area contributed by atoms with Crippen molar-refractivity contribution in [2.24, 2.45) is 0 Å². The minimum absolute atomic E-state index is 0.140. The Balaban J connectivity index is 1.69. The first kappa shape index (κ1) is 18.9. The summed E-state index contributed by atoms with van der Waals surface area (Å²) >= 11 is 1.03. The van der Waals surface area contributed by atoms with Crippen LogP contribution in [0.25, 0.3) is 5.69 Å². The first-order valence-electron chi connectivity index (χ1n) is 7.79. The van der Waals surface area contributed by atoms with E-state index in [1.54, 1.807) is 0 Å². The number of aromatic nitrogens is 4. The van der Waals surface area contributed by atoms with Crippen molar-refractivity contribution in [1.29, 1.82) is 0 Å². The highest BCUT2D eigenvalue weighted by Crippen LogP contribution is 2.34. The average Bonchev–Trinajstić information content (AvgIpc) is 3.08. The fourth-order valence-electron chi connectivity index (χ4n) is 2.35. The lowest BCUT2D eigenvalue weighted by molar-refractivity contribution is -0.137. The van der Waals surface area contributed by atoms with E-state index in [1.807, 2.05) is 31.2 Å². The number of para-hydroxylation sites is 1. The van der Waals surface area contributed by atoms with Crippen LogP contribution in [0.15, 0.2) is 53.7 Å². The second-order valence-electron chi connectivity index (χ2n) is 5.59. The lowest BCUT2D eigenvalue weighted by Crippen LogP contribution is -2.18. The molecule has 3 rings (SSSR count). The zero-order chi connectivity index (χ0) is 19.4. The molecule has 2 aromatic carbocycles. The van der Waals surface area contributed by atoms with Crippen molar-refractivity contribution in [2.45, 2.75) is 18.3 Å². The number of tetrazole rings is 1. The summed E-state index contributed by atoms with van der Waals surface area (Å²) in [5.41, 5.74) is 0.563. The van der Waals surface area contributed by atoms with Crippen molar-refractivity contribution < 1.29 is 18.0 Å². The molecule has 0 aliphatic heterocycles. The quantitative estimate of drug-likeness (QED) is 0.669. The zero-order valence-corrected chi connectivity index (χ0v) is 14.9. The van der Waals surface area contributed by atoms with Crippen LogP contribution < -0.4 is 5.32 Å². The highest BCUT2D eigenvalue weighted by atomic mass is 32.2. The number of nitrogens with zero attached hydrogens (tertiary/aromatic N) is 4. The maximum Gasteiger partial charge on any atom is 0.418 e. The van der Waals surface area contributed by atoms with Crippen molar-refractivity contribution in [3.63, 3.8) is 0 Å². The Bertz CT molecular complexity index is 957. The topological polar surface area (TPSA) is 72.7 Å². The third-order valence-electron chi connectivity index (χ3n) is 3.53. The molecule has 27 heavy (non-hydrogen) atoms. The van der Waals surface area contributed by atoms with E-state index < -0.39 is 17.6 Å². The molecule has 10 heteroatoms. The zero-order valence-electron chi connectivity index (χ0n) is 14.1. The van der Waals surface area contributed by atoms with Gasteiger partial charge in [0, 0.05) is 0 Å². The van der Waals surface area contributed by atoms with Gasteiger partial charge < -0.3 is 5.32 Å². The summed E-state index contributed by atoms with van der Waals surface area (Å²) in [7, 11) is 0. The number of alkyl halides is 3. The largest absolute Gasteiger partial charge is 0.418 e. The third-order valence-corrected chi connectivity index (χ3v) is 4.45. The molecule has 0 aliphatic rings. The highest BCUT2D eigenvalue weighted by molar-refractivity contribution is 7.99. The lowest BCUT2D eigenvalue weighted by atomic mass is 10.1. The first-order valence-corrected chi connectivity index (χ1v) is 8.77. The highest BCUT2D eigenvalue weighted by Gasteiger charge is 2.33. The van der Waals surface area contributed by atoms with Gasteiger partial charge in [-0.15, -0.1) is 5.10 Å². The molecule has 1 amide bonds. The molecule has 6 nitrogen and oxygen atoms in total. The number of halogens is 3. The van der Waals surface area contributed by atoms with Gasteiger partial charge in [0.15, 0.2) is 0 Å². The van der Waals surface area contributed by atoms with Crippen LogP contribution in [-0.2, 0) is 11.0 Å². The molecule has 0 atom stereocenters. The minimum atomic E-state index is -4.55. The summed E-state index contributed by atoms with van der Waals surface area (Å²) in [5.74, 6) is -0.728. The predicted molar refractivity (Wildman–Crippen MR) is 94.7 cm³/mol. The van der Waals surface area contributed by atoms with Crippen LogP contribution in [0.5, 0.6) is 0 Å². The fraction of sp³-hybridized carbons (Fsp3) is 0.176. The van der Waals surface area contributed by atoms with Crippen LogP contribution >= 0.6 is 11.8 Å². The van der Waals surface area contributed by atoms with Gasteiger partial charge in [0.05, 0.1) is 22.7 Å². The van der Waals surface area contributed by atoms with Crippen LogP contribution in [0.4, 0.5) is 18.9 Å². The molecule has 1 N–H and O–H groups in total. The van der Waals surface area contributed by atoms with Crippen molar-refractivity contribution in [3.05, 3.63) is 59.7 Å². The number of aryl methyl sites for hydroxylation is 1. The van der Waals surface area contributed by atoms with E-state index in [1.165, 1.54) is 22.9 Å². The first-order chi connectivity index (χ1) is 12.8. The second-order valence-corrected chi connectivity index (χ2v) is 6.53. The smallest absolute Gasteiger partial charge is 0.325 e. The van der Waals surface area contributed by atoms with E-state index in [0.29, 0.717) is 5.16 Å². The van der Waals surface area contributed by atoms with E-state index in [0.717, 1.165) is 29.1 Å². The number of thioether (sulfide) groups is 1. The number of rotatable bonds is 5. The molecule has 0 aliphatic carbocycles. The maximum atomic E-state index is 13.0. The molecule has 0 saturated heterocycles. The summed E-state index contributed by atoms with van der Waals surface area (Å²) in [6.45, 7) is 1.92. The summed E-state index contributed by atoms with van der Waals surface area (Å²) in [6.07, 6.45) is -4.55. The van der Waals surface area contributed by atoms with Crippen LogP contribution in [-0.4, -0.2) is 31.9 Å². The van der Waals surface area contributed by atoms with Gasteiger partial charge in [0.25, 0.3) is 0 Å². The van der Waals surface area contributed by atoms with Crippen LogP contribution in [0.1, 0.15) is 11.1 Å². The molecule has 1 aromatic heterocycles. The van der Waals surface area contributed by atoms with E-state index in [2.05, 4.69) is 20.8 Å². The number of hydrogen-bond donors (Lipinski definition) is 1. The number of carbonyl (C=O) groups excluding carboxylic acids is 1. The molecule has 0 saturated carbocycles. The molecule has 1 heterocycles. The van der Waals surface area contributed by atoms with Crippen molar-refractivity contribution in [2.75, 3.05) is 11.1 Å². The molecule has 0 radical (unpaired) electrons. The molecule has 0 bridgehead atoms. The lowest BCUT2D eigenvalue weighted by Gasteiger charge is -2.13. The predicted octanol–water partition coefficient (Wildman–Crippen LogP) is 3.72. The van der Waals surface area contributed by atoms with Crippen LogP contribution in [0, 0.1) is 6.92 Å². The molecule has 0 spiro atoms. The van der Waals surface area contributed by atoms with Gasteiger partial charge in [-0.3, -0.25) is 4.79 Å². The third kappa shape index (κ3) is 4.64. The molecule has 0 fully saturated rings. The maximum absolute atomic E-state index is 13.0. The van der Waals surface area contributed by atoms with E-state index in [4.69, 9.17) is 0 Å². The summed E-state index contributed by atoms with van der Waals surface area (Å²) in [6, 6.07) is 12.3. The van der Waals surface area contributed by atoms with Crippen LogP contribution in [0.3, 0.4) is 0 Å². The molecule has 3 aromatic rings. The Kier molecular flexibility index (Phi) is 5.45. The number of anilines is 1. The Morgan fingerprint density at radius 3 is 2.70 bits per heavy atom. The normalized spacial score (nSPS) is 11.4. The van der Waals surface area contributed by atoms with Crippen LogP contribution in [0.2, 0.25) is 0 Å². The number of carbonyl (C=O) groups is 1. The number of hydrogen-bond acceptors (Lipinski definition) is 5. The molecule has 0 unspecified atom stereocenters. The van der Waals surface area contributed by atoms with Gasteiger partial charge in [-0.2, -0.15) is 17.9 Å². The molecular formula is C17H14F3N5OS. The van der Waals surface area contributed by atoms with Gasteiger partial charge in [-0.05, 0) is 47.2 Å². The van der Waals surface area contributed by atoms with E-state index >= 15 is 0 Å². The number of benzene rings is 2. The van der Waals surface area contributed by atoms with Gasteiger partial charge in [-0.25, -0.2) is 0 Å². The van der Waals surface area contributed by atoms with Gasteiger partial charge in [-0.1, -0.05) is 36.0 Å². The van der Waals surface area contributed by atoms with Gasteiger partial charge >= 0.3 is 6.18 Å². The number of nitrogens with one attached hydrogen (secondary N) is 1. The number of amides is 1. The van der Waals surface area contributed by atoms with Crippen molar-refractivity contribution >= 4 is 23.4 Å². The Labute approximate surface area is 156 Å². The molecular weight excluding hydrogens is 379 g/mol. The van der Waals surface area contributed by atoms with Crippen molar-refractivity contribution in [1.82, 2.24) is 20.2 Å². The molecule has 140 valence electrons. The van der Waals surface area contributed by atoms with Gasteiger partial charge in [0.2, 0.25) is 11.1 Å². The summed E-state index contributed by atoms with van der Waals surface area (Å²) in [5, 5.41) is 14.0. The van der Waals surface area contributed by atoms with E-state index in [9.17, 15) is 18.0 Å². The minimum Gasteiger partial charge on any atom is -0.325 e. The van der Waals surface area contributed by atoms with Crippen molar-refractivity contribution in [3.8, 4) is 5.69 Å². The summed E-state index contributed by atoms with van der Waals surface area (Å²) in [4.78, 5) is 12.1. The fourth-order valence-corrected chi connectivity index (χ4v) is 3.04. The Hall–Kier alpha value is -2.88. The average molecular weight is 393 g/mol. The standard InChI is InChI=1S/C17H14F3N5OS/c1-11-5-4-6-12(9-11)25-16(22-23-24-25)27-10-15(26)21-14-8-3-2-7-13(14)17(18,19)20/h2-9H,10H2,1H3,(H,21,26). The van der Waals surface area contributed by atoms with E-state index in [-0.39, 0.29) is 11.4 Å². The SMILES string of the molecule is Cc1cccc(-n2nnnc2SCC(=O)Nc2ccccc2C(F)(F)F)c1.